The maximum atomic E-state index is 13.5. The standard InChI is InChI=1S/C25H31N3O5.2C2HF3O2/c26-15-5-7-28(12-15)23(31)16-10-25(32)18-9-14-3-4-17(29)21-19(14)24(25,22(33-21)20(16)30)6-8-27(18)11-13-1-2-13;2*3-2(4,5)1(6)7/h3-4,13,15,18,22,29-30,32H,1-2,5-12,26H2;2*(H,6,7)/t15-,18+,22-,24-,25+;;/m0../s1. The molecular formula is C29H33F6N3O9. The van der Waals surface area contributed by atoms with Gasteiger partial charge in [0.05, 0.1) is 16.6 Å². The molecule has 5 atom stereocenters. The molecule has 1 saturated carbocycles. The van der Waals surface area contributed by atoms with Crippen LogP contribution in [-0.4, -0.2) is 115 Å². The van der Waals surface area contributed by atoms with E-state index in [0.717, 1.165) is 30.6 Å². The smallest absolute Gasteiger partial charge is 0.490 e. The van der Waals surface area contributed by atoms with Gasteiger partial charge in [0.25, 0.3) is 5.91 Å². The average molecular weight is 682 g/mol. The quantitative estimate of drug-likeness (QED) is 0.256. The van der Waals surface area contributed by atoms with Crippen LogP contribution in [0, 0.1) is 5.92 Å². The van der Waals surface area contributed by atoms with Crippen LogP contribution < -0.4 is 10.5 Å². The zero-order valence-electron chi connectivity index (χ0n) is 24.6. The average Bonchev–Trinajstić information content (AvgIpc) is 3.55. The van der Waals surface area contributed by atoms with Gasteiger partial charge in [0.1, 0.15) is 5.76 Å². The zero-order valence-corrected chi connectivity index (χ0v) is 24.6. The minimum absolute atomic E-state index is 0.0185. The number of rotatable bonds is 3. The molecule has 12 nitrogen and oxygen atoms in total. The van der Waals surface area contributed by atoms with E-state index >= 15 is 0 Å². The number of carbonyl (C=O) groups is 3. The number of nitrogens with zero attached hydrogens (tertiary/aromatic N) is 2. The SMILES string of the molecule is N[C@H]1CCN(C(=O)C2=C(O)[C@@H]3Oc4c(O)ccc5c4[C@@]34CCN(CC3CC3)[C@H](C5)[C@]4(O)C2)C1.O=C(O)C(F)(F)F.O=C(O)C(F)(F)F. The third-order valence-electron chi connectivity index (χ3n) is 9.77. The molecule has 3 aliphatic heterocycles. The summed E-state index contributed by atoms with van der Waals surface area (Å²) < 4.78 is 69.7. The lowest BCUT2D eigenvalue weighted by atomic mass is 9.49. The van der Waals surface area contributed by atoms with Gasteiger partial charge in [-0.2, -0.15) is 26.3 Å². The Morgan fingerprint density at radius 2 is 1.57 bits per heavy atom. The fraction of sp³-hybridized carbons (Fsp3) is 0.621. The molecule has 1 aromatic carbocycles. The van der Waals surface area contributed by atoms with Crippen molar-refractivity contribution in [2.45, 2.75) is 80.1 Å². The second kappa shape index (κ2) is 11.7. The monoisotopic (exact) mass is 681 g/mol. The fourth-order valence-electron chi connectivity index (χ4n) is 7.52. The molecule has 3 heterocycles. The van der Waals surface area contributed by atoms with E-state index in [1.54, 1.807) is 11.0 Å². The Morgan fingerprint density at radius 1 is 0.979 bits per heavy atom. The summed E-state index contributed by atoms with van der Waals surface area (Å²) in [4.78, 5) is 35.4. The molecule has 47 heavy (non-hydrogen) atoms. The van der Waals surface area contributed by atoms with Crippen LogP contribution in [0.25, 0.3) is 0 Å². The summed E-state index contributed by atoms with van der Waals surface area (Å²) >= 11 is 0. The van der Waals surface area contributed by atoms with Crippen LogP contribution in [0.4, 0.5) is 26.3 Å². The second-order valence-electron chi connectivity index (χ2n) is 12.7. The summed E-state index contributed by atoms with van der Waals surface area (Å²) in [6, 6.07) is 3.34. The molecular weight excluding hydrogens is 648 g/mol. The first-order valence-corrected chi connectivity index (χ1v) is 14.8. The summed E-state index contributed by atoms with van der Waals surface area (Å²) in [7, 11) is 0. The van der Waals surface area contributed by atoms with E-state index in [1.165, 1.54) is 12.8 Å². The number of carbonyl (C=O) groups excluding carboxylic acids is 1. The van der Waals surface area contributed by atoms with Crippen molar-refractivity contribution in [2.24, 2.45) is 11.7 Å². The lowest BCUT2D eigenvalue weighted by Crippen LogP contribution is -2.75. The molecule has 2 saturated heterocycles. The number of halogens is 6. The van der Waals surface area contributed by atoms with Crippen LogP contribution in [0.2, 0.25) is 0 Å². The number of phenols is 1. The van der Waals surface area contributed by atoms with Gasteiger partial charge in [0.2, 0.25) is 0 Å². The predicted molar refractivity (Wildman–Crippen MR) is 146 cm³/mol. The number of likely N-dealkylation sites (tertiary alicyclic amines) is 2. The van der Waals surface area contributed by atoms with E-state index in [-0.39, 0.29) is 41.5 Å². The number of alkyl halides is 6. The molecule has 7 rings (SSSR count). The second-order valence-corrected chi connectivity index (χ2v) is 12.7. The van der Waals surface area contributed by atoms with Crippen LogP contribution in [0.5, 0.6) is 11.5 Å². The van der Waals surface area contributed by atoms with Crippen LogP contribution in [0.3, 0.4) is 0 Å². The highest BCUT2D eigenvalue weighted by molar-refractivity contribution is 5.95. The Morgan fingerprint density at radius 3 is 2.09 bits per heavy atom. The first-order chi connectivity index (χ1) is 21.7. The first kappa shape index (κ1) is 34.6. The number of aliphatic hydroxyl groups excluding tert-OH is 1. The van der Waals surface area contributed by atoms with Crippen molar-refractivity contribution in [1.29, 1.82) is 0 Å². The Bertz CT molecular complexity index is 1470. The molecule has 0 unspecified atom stereocenters. The number of benzene rings is 1. The van der Waals surface area contributed by atoms with Crippen LogP contribution >= 0.6 is 0 Å². The number of aromatic hydroxyl groups is 1. The lowest BCUT2D eigenvalue weighted by Gasteiger charge is -2.62. The molecule has 3 fully saturated rings. The minimum Gasteiger partial charge on any atom is -0.508 e. The van der Waals surface area contributed by atoms with Crippen molar-refractivity contribution in [3.63, 3.8) is 0 Å². The van der Waals surface area contributed by atoms with Crippen LogP contribution in [0.15, 0.2) is 23.5 Å². The number of phenolic OH excluding ortho intramolecular Hbond substituents is 1. The Balaban J connectivity index is 0.000000262. The van der Waals surface area contributed by atoms with Crippen LogP contribution in [-0.2, 0) is 26.2 Å². The van der Waals surface area contributed by atoms with Crippen molar-refractivity contribution >= 4 is 17.8 Å². The van der Waals surface area contributed by atoms with Crippen molar-refractivity contribution < 1.29 is 71.0 Å². The van der Waals surface area contributed by atoms with E-state index in [9.17, 15) is 46.5 Å². The van der Waals surface area contributed by atoms with E-state index in [2.05, 4.69) is 4.90 Å². The molecule has 6 aliphatic rings. The Labute approximate surface area is 263 Å². The van der Waals surface area contributed by atoms with Gasteiger partial charge < -0.3 is 40.9 Å². The number of aliphatic hydroxyl groups is 2. The molecule has 260 valence electrons. The maximum Gasteiger partial charge on any atom is 0.490 e. The van der Waals surface area contributed by atoms with Gasteiger partial charge in [-0.25, -0.2) is 9.59 Å². The predicted octanol–water partition coefficient (Wildman–Crippen LogP) is 2.20. The van der Waals surface area contributed by atoms with E-state index in [4.69, 9.17) is 30.3 Å². The van der Waals surface area contributed by atoms with E-state index in [1.807, 2.05) is 6.07 Å². The molecule has 0 radical (unpaired) electrons. The highest BCUT2D eigenvalue weighted by atomic mass is 19.4. The maximum absolute atomic E-state index is 13.5. The number of nitrogens with two attached hydrogens (primary N) is 1. The van der Waals surface area contributed by atoms with E-state index < -0.39 is 41.4 Å². The first-order valence-electron chi connectivity index (χ1n) is 14.8. The third kappa shape index (κ3) is 5.94. The summed E-state index contributed by atoms with van der Waals surface area (Å²) in [6.45, 7) is 2.76. The highest BCUT2D eigenvalue weighted by Gasteiger charge is 2.73. The van der Waals surface area contributed by atoms with Crippen molar-refractivity contribution in [3.05, 3.63) is 34.6 Å². The Kier molecular flexibility index (Phi) is 8.63. The van der Waals surface area contributed by atoms with Gasteiger partial charge in [0.15, 0.2) is 17.6 Å². The summed E-state index contributed by atoms with van der Waals surface area (Å²) in [5.41, 5.74) is 6.04. The van der Waals surface area contributed by atoms with Crippen LogP contribution in [0.1, 0.15) is 43.2 Å². The molecule has 2 bridgehead atoms. The topological polar surface area (TPSA) is 194 Å². The number of hydrogen-bond donors (Lipinski definition) is 6. The molecule has 1 spiro atoms. The van der Waals surface area contributed by atoms with Crippen molar-refractivity contribution in [3.8, 4) is 11.5 Å². The van der Waals surface area contributed by atoms with Crippen molar-refractivity contribution in [1.82, 2.24) is 9.80 Å². The van der Waals surface area contributed by atoms with Gasteiger partial charge >= 0.3 is 24.3 Å². The summed E-state index contributed by atoms with van der Waals surface area (Å²) in [6.07, 6.45) is -6.52. The number of carboxylic acids is 2. The molecule has 18 heteroatoms. The van der Waals surface area contributed by atoms with Gasteiger partial charge in [-0.3, -0.25) is 9.69 Å². The number of amides is 1. The molecule has 1 amide bonds. The molecule has 1 aromatic rings. The molecule has 3 aliphatic carbocycles. The summed E-state index contributed by atoms with van der Waals surface area (Å²) in [5.74, 6) is -4.82. The lowest BCUT2D eigenvalue weighted by molar-refractivity contribution is -0.193. The zero-order chi connectivity index (χ0) is 34.9. The number of aliphatic carboxylic acids is 2. The normalized spacial score (nSPS) is 30.7. The largest absolute Gasteiger partial charge is 0.508 e. The molecule has 7 N–H and O–H groups in total. The van der Waals surface area contributed by atoms with Gasteiger partial charge in [-0.15, -0.1) is 0 Å². The van der Waals surface area contributed by atoms with Crippen molar-refractivity contribution in [2.75, 3.05) is 26.2 Å². The highest BCUT2D eigenvalue weighted by Crippen LogP contribution is 2.66. The number of ether oxygens (including phenoxy) is 1. The number of piperidine rings is 1. The van der Waals surface area contributed by atoms with Gasteiger partial charge in [-0.05, 0) is 56.2 Å². The fourth-order valence-corrected chi connectivity index (χ4v) is 7.52. The molecule has 0 aromatic heterocycles. The minimum atomic E-state index is -5.08. The van der Waals surface area contributed by atoms with Gasteiger partial charge in [0, 0.05) is 43.7 Å². The third-order valence-corrected chi connectivity index (χ3v) is 9.77. The summed E-state index contributed by atoms with van der Waals surface area (Å²) in [5, 5.41) is 48.9. The van der Waals surface area contributed by atoms with Gasteiger partial charge in [-0.1, -0.05) is 6.07 Å². The Hall–Kier alpha value is -3.77. The van der Waals surface area contributed by atoms with E-state index in [0.29, 0.717) is 37.6 Å². The number of hydrogen-bond acceptors (Lipinski definition) is 9. The number of carboxylic acid groups (broad SMARTS) is 2.